The number of rotatable bonds is 6. The van der Waals surface area contributed by atoms with Gasteiger partial charge in [0.2, 0.25) is 0 Å². The Morgan fingerprint density at radius 2 is 1.86 bits per heavy atom. The molecule has 21 heavy (non-hydrogen) atoms. The first-order valence-corrected chi connectivity index (χ1v) is 6.56. The van der Waals surface area contributed by atoms with Crippen LogP contribution in [0.2, 0.25) is 5.02 Å². The summed E-state index contributed by atoms with van der Waals surface area (Å²) >= 11 is 6.06. The van der Waals surface area contributed by atoms with Gasteiger partial charge in [-0.2, -0.15) is 0 Å². The summed E-state index contributed by atoms with van der Waals surface area (Å²) in [6.45, 7) is 0.247. The maximum absolute atomic E-state index is 12.3. The summed E-state index contributed by atoms with van der Waals surface area (Å²) in [4.78, 5) is 24.8. The van der Waals surface area contributed by atoms with Gasteiger partial charge in [0.1, 0.15) is 0 Å². The zero-order valence-electron chi connectivity index (χ0n) is 12.4. The van der Waals surface area contributed by atoms with E-state index in [1.54, 1.807) is 13.1 Å². The number of benzene rings is 1. The van der Waals surface area contributed by atoms with Crippen molar-refractivity contribution in [2.75, 3.05) is 34.9 Å². The summed E-state index contributed by atoms with van der Waals surface area (Å²) in [5.74, 6) is 0.0874. The minimum Gasteiger partial charge on any atom is -0.493 e. The van der Waals surface area contributed by atoms with Crippen LogP contribution >= 0.6 is 11.6 Å². The number of nitrogens with zero attached hydrogens (tertiary/aromatic N) is 1. The van der Waals surface area contributed by atoms with Crippen LogP contribution in [0.4, 0.5) is 0 Å². The first-order valence-electron chi connectivity index (χ1n) is 6.18. The van der Waals surface area contributed by atoms with Crippen LogP contribution in [-0.2, 0) is 9.53 Å². The smallest absolute Gasteiger partial charge is 0.307 e. The molecule has 1 amide bonds. The Morgan fingerprint density at radius 3 is 2.38 bits per heavy atom. The Kier molecular flexibility index (Phi) is 6.30. The zero-order chi connectivity index (χ0) is 16.0. The lowest BCUT2D eigenvalue weighted by atomic mass is 10.1. The lowest BCUT2D eigenvalue weighted by Gasteiger charge is -2.18. The average molecular weight is 316 g/mol. The summed E-state index contributed by atoms with van der Waals surface area (Å²) in [7, 11) is 5.82. The van der Waals surface area contributed by atoms with Gasteiger partial charge in [-0.3, -0.25) is 9.59 Å². The standard InChI is InChI=1S/C14H18ClNO5/c1-16(6-5-12(17)20-3)14(18)9-7-10(15)13(21-4)11(8-9)19-2/h7-8H,5-6H2,1-4H3. The van der Waals surface area contributed by atoms with Crippen LogP contribution in [0.15, 0.2) is 12.1 Å². The van der Waals surface area contributed by atoms with Crippen molar-refractivity contribution in [2.45, 2.75) is 6.42 Å². The van der Waals surface area contributed by atoms with Gasteiger partial charge in [-0.25, -0.2) is 0 Å². The maximum atomic E-state index is 12.3. The minimum absolute atomic E-state index is 0.125. The Balaban J connectivity index is 2.92. The highest BCUT2D eigenvalue weighted by Gasteiger charge is 2.18. The Bertz CT molecular complexity index is 532. The fourth-order valence-electron chi connectivity index (χ4n) is 1.72. The van der Waals surface area contributed by atoms with Crippen LogP contribution in [0.5, 0.6) is 11.5 Å². The molecule has 0 atom stereocenters. The predicted molar refractivity (Wildman–Crippen MR) is 78.1 cm³/mol. The second-order valence-corrected chi connectivity index (χ2v) is 4.65. The summed E-state index contributed by atoms with van der Waals surface area (Å²) < 4.78 is 14.8. The van der Waals surface area contributed by atoms with E-state index in [0.29, 0.717) is 17.1 Å². The van der Waals surface area contributed by atoms with Crippen LogP contribution in [0, 0.1) is 0 Å². The predicted octanol–water partition coefficient (Wildman–Crippen LogP) is 1.99. The highest BCUT2D eigenvalue weighted by Crippen LogP contribution is 2.36. The Hall–Kier alpha value is -1.95. The molecule has 0 aliphatic rings. The van der Waals surface area contributed by atoms with Gasteiger partial charge in [0.25, 0.3) is 5.91 Å². The Labute approximate surface area is 128 Å². The monoisotopic (exact) mass is 315 g/mol. The van der Waals surface area contributed by atoms with Crippen molar-refractivity contribution in [1.29, 1.82) is 0 Å². The molecule has 0 heterocycles. The Morgan fingerprint density at radius 1 is 1.19 bits per heavy atom. The number of carbonyl (C=O) groups is 2. The van der Waals surface area contributed by atoms with Gasteiger partial charge in [0.15, 0.2) is 11.5 Å². The minimum atomic E-state index is -0.375. The number of methoxy groups -OCH3 is 3. The first kappa shape index (κ1) is 17.1. The third-order valence-corrected chi connectivity index (χ3v) is 3.19. The van der Waals surface area contributed by atoms with Crippen molar-refractivity contribution in [3.63, 3.8) is 0 Å². The van der Waals surface area contributed by atoms with Crippen molar-refractivity contribution >= 4 is 23.5 Å². The molecule has 1 aromatic carbocycles. The van der Waals surface area contributed by atoms with E-state index in [4.69, 9.17) is 21.1 Å². The summed E-state index contributed by atoms with van der Waals surface area (Å²) in [6, 6.07) is 3.04. The van der Waals surface area contributed by atoms with Crippen LogP contribution in [0.25, 0.3) is 0 Å². The van der Waals surface area contributed by atoms with E-state index in [1.165, 1.54) is 32.3 Å². The maximum Gasteiger partial charge on any atom is 0.307 e. The second-order valence-electron chi connectivity index (χ2n) is 4.25. The molecule has 0 spiro atoms. The molecule has 0 aliphatic heterocycles. The summed E-state index contributed by atoms with van der Waals surface area (Å²) in [5.41, 5.74) is 0.352. The van der Waals surface area contributed by atoms with Crippen molar-refractivity contribution in [3.05, 3.63) is 22.7 Å². The van der Waals surface area contributed by atoms with E-state index < -0.39 is 0 Å². The highest BCUT2D eigenvalue weighted by molar-refractivity contribution is 6.32. The molecule has 6 nitrogen and oxygen atoms in total. The fourth-order valence-corrected chi connectivity index (χ4v) is 2.01. The molecule has 1 aromatic rings. The van der Waals surface area contributed by atoms with Gasteiger partial charge in [-0.1, -0.05) is 11.6 Å². The number of amides is 1. The van der Waals surface area contributed by atoms with Gasteiger partial charge < -0.3 is 19.1 Å². The molecule has 0 aliphatic carbocycles. The lowest BCUT2D eigenvalue weighted by molar-refractivity contribution is -0.140. The normalized spacial score (nSPS) is 9.95. The van der Waals surface area contributed by atoms with Gasteiger partial charge >= 0.3 is 5.97 Å². The highest BCUT2D eigenvalue weighted by atomic mass is 35.5. The number of hydrogen-bond donors (Lipinski definition) is 0. The molecule has 0 fully saturated rings. The molecule has 0 saturated heterocycles. The number of carbonyl (C=O) groups excluding carboxylic acids is 2. The van der Waals surface area contributed by atoms with Gasteiger partial charge in [-0.15, -0.1) is 0 Å². The van der Waals surface area contributed by atoms with E-state index in [9.17, 15) is 9.59 Å². The van der Waals surface area contributed by atoms with Crippen LogP contribution in [0.3, 0.4) is 0 Å². The molecule has 0 N–H and O–H groups in total. The van der Waals surface area contributed by atoms with Crippen molar-refractivity contribution in [1.82, 2.24) is 4.90 Å². The summed E-state index contributed by atoms with van der Waals surface area (Å²) in [5, 5.41) is 0.279. The van der Waals surface area contributed by atoms with E-state index in [-0.39, 0.29) is 29.9 Å². The lowest BCUT2D eigenvalue weighted by Crippen LogP contribution is -2.29. The SMILES string of the molecule is COC(=O)CCN(C)C(=O)c1cc(Cl)c(OC)c(OC)c1. The van der Waals surface area contributed by atoms with E-state index in [2.05, 4.69) is 4.74 Å². The van der Waals surface area contributed by atoms with Crippen molar-refractivity contribution in [3.8, 4) is 11.5 Å². The van der Waals surface area contributed by atoms with Gasteiger partial charge in [0.05, 0.1) is 32.8 Å². The number of ether oxygens (including phenoxy) is 3. The van der Waals surface area contributed by atoms with E-state index >= 15 is 0 Å². The molecule has 116 valence electrons. The molecular weight excluding hydrogens is 298 g/mol. The number of esters is 1. The number of hydrogen-bond acceptors (Lipinski definition) is 5. The molecule has 0 bridgehead atoms. The fraction of sp³-hybridized carbons (Fsp3) is 0.429. The molecule has 0 radical (unpaired) electrons. The third kappa shape index (κ3) is 4.26. The molecular formula is C14H18ClNO5. The molecule has 0 aromatic heterocycles. The average Bonchev–Trinajstić information content (AvgIpc) is 2.50. The largest absolute Gasteiger partial charge is 0.493 e. The molecule has 7 heteroatoms. The van der Waals surface area contributed by atoms with Crippen molar-refractivity contribution < 1.29 is 23.8 Å². The number of halogens is 1. The quantitative estimate of drug-likeness (QED) is 0.751. The van der Waals surface area contributed by atoms with Crippen LogP contribution in [0.1, 0.15) is 16.8 Å². The van der Waals surface area contributed by atoms with E-state index in [0.717, 1.165) is 0 Å². The van der Waals surface area contributed by atoms with Crippen LogP contribution < -0.4 is 9.47 Å². The molecule has 1 rings (SSSR count). The van der Waals surface area contributed by atoms with Gasteiger partial charge in [0, 0.05) is 19.2 Å². The molecule has 0 unspecified atom stereocenters. The van der Waals surface area contributed by atoms with Gasteiger partial charge in [-0.05, 0) is 12.1 Å². The van der Waals surface area contributed by atoms with E-state index in [1.807, 2.05) is 0 Å². The summed E-state index contributed by atoms with van der Waals surface area (Å²) in [6.07, 6.45) is 0.125. The second kappa shape index (κ2) is 7.73. The third-order valence-electron chi connectivity index (χ3n) is 2.91. The zero-order valence-corrected chi connectivity index (χ0v) is 13.2. The van der Waals surface area contributed by atoms with Crippen LogP contribution in [-0.4, -0.2) is 51.7 Å². The molecule has 0 saturated carbocycles. The van der Waals surface area contributed by atoms with Crippen molar-refractivity contribution in [2.24, 2.45) is 0 Å². The first-order chi connectivity index (χ1) is 9.94. The topological polar surface area (TPSA) is 65.1 Å².